The minimum atomic E-state index is -2.12. The number of rotatable bonds is 8. The van der Waals surface area contributed by atoms with Crippen LogP contribution >= 0.6 is 0 Å². The maximum absolute atomic E-state index is 11.4. The van der Waals surface area contributed by atoms with Crippen molar-refractivity contribution in [3.05, 3.63) is 0 Å². The van der Waals surface area contributed by atoms with Gasteiger partial charge in [0.15, 0.2) is 11.3 Å². The number of ketones is 1. The Morgan fingerprint density at radius 3 is 2.27 bits per heavy atom. The molecule has 0 aromatic heterocycles. The van der Waals surface area contributed by atoms with Gasteiger partial charge in [0.05, 0.1) is 6.61 Å². The number of aliphatic hydroxyl groups is 1. The second kappa shape index (κ2) is 6.53. The van der Waals surface area contributed by atoms with Gasteiger partial charge < -0.3 is 15.9 Å². The Morgan fingerprint density at radius 2 is 1.87 bits per heavy atom. The molecule has 0 amide bonds. The average molecular weight is 217 g/mol. The van der Waals surface area contributed by atoms with Crippen LogP contribution in [0.2, 0.25) is 0 Å². The molecule has 0 fully saturated rings. The van der Waals surface area contributed by atoms with Gasteiger partial charge in [0.2, 0.25) is 0 Å². The van der Waals surface area contributed by atoms with Crippen LogP contribution in [0.15, 0.2) is 0 Å². The summed E-state index contributed by atoms with van der Waals surface area (Å²) in [6.07, 6.45) is 3.67. The summed E-state index contributed by atoms with van der Waals surface area (Å²) in [6.45, 7) is 1.19. The van der Waals surface area contributed by atoms with Crippen LogP contribution in [-0.2, 0) is 9.59 Å². The predicted octanol–water partition coefficient (Wildman–Crippen LogP) is 0.300. The Hall–Kier alpha value is -0.940. The van der Waals surface area contributed by atoms with Crippen molar-refractivity contribution in [2.75, 3.05) is 6.61 Å². The molecule has 0 aromatic rings. The zero-order valence-corrected chi connectivity index (χ0v) is 9.03. The Kier molecular flexibility index (Phi) is 6.12. The lowest BCUT2D eigenvalue weighted by molar-refractivity contribution is -0.150. The van der Waals surface area contributed by atoms with Crippen LogP contribution in [0.1, 0.15) is 39.0 Å². The molecule has 5 heteroatoms. The second-order valence-corrected chi connectivity index (χ2v) is 3.67. The number of hydrogen-bond donors (Lipinski definition) is 3. The predicted molar refractivity (Wildman–Crippen MR) is 55.4 cm³/mol. The van der Waals surface area contributed by atoms with Gasteiger partial charge in [-0.1, -0.05) is 26.2 Å². The highest BCUT2D eigenvalue weighted by Gasteiger charge is 2.40. The standard InChI is InChI=1S/C10H19NO4/c1-2-3-4-5-6-8(13)10(11,7-12)9(14)15/h12H,2-7,11H2,1H3,(H,14,15)/t10-/m0/s1. The van der Waals surface area contributed by atoms with Gasteiger partial charge in [-0.05, 0) is 6.42 Å². The number of unbranched alkanes of at least 4 members (excludes halogenated alkanes) is 3. The lowest BCUT2D eigenvalue weighted by Crippen LogP contribution is -2.57. The molecular weight excluding hydrogens is 198 g/mol. The Balaban J connectivity index is 4.11. The minimum Gasteiger partial charge on any atom is -0.479 e. The monoisotopic (exact) mass is 217 g/mol. The molecule has 5 nitrogen and oxygen atoms in total. The second-order valence-electron chi connectivity index (χ2n) is 3.67. The number of carboxylic acid groups (broad SMARTS) is 1. The van der Waals surface area contributed by atoms with Crippen molar-refractivity contribution in [2.45, 2.75) is 44.6 Å². The van der Waals surface area contributed by atoms with Gasteiger partial charge in [0.1, 0.15) is 0 Å². The molecule has 0 bridgehead atoms. The van der Waals surface area contributed by atoms with E-state index in [2.05, 4.69) is 0 Å². The summed E-state index contributed by atoms with van der Waals surface area (Å²) in [5, 5.41) is 17.5. The van der Waals surface area contributed by atoms with E-state index in [9.17, 15) is 9.59 Å². The Labute approximate surface area is 89.3 Å². The number of aliphatic carboxylic acids is 1. The Bertz CT molecular complexity index is 229. The van der Waals surface area contributed by atoms with Crippen LogP contribution in [0.5, 0.6) is 0 Å². The average Bonchev–Trinajstić information content (AvgIpc) is 2.22. The maximum Gasteiger partial charge on any atom is 0.333 e. The van der Waals surface area contributed by atoms with Crippen LogP contribution < -0.4 is 5.73 Å². The topological polar surface area (TPSA) is 101 Å². The quantitative estimate of drug-likeness (QED) is 0.401. The Morgan fingerprint density at radius 1 is 1.27 bits per heavy atom. The molecule has 0 aliphatic heterocycles. The van der Waals surface area contributed by atoms with Gasteiger partial charge in [-0.15, -0.1) is 0 Å². The highest BCUT2D eigenvalue weighted by atomic mass is 16.4. The molecule has 0 aliphatic rings. The number of hydrogen-bond acceptors (Lipinski definition) is 4. The summed E-state index contributed by atoms with van der Waals surface area (Å²) in [6, 6.07) is 0. The smallest absolute Gasteiger partial charge is 0.333 e. The summed E-state index contributed by atoms with van der Waals surface area (Å²) in [4.78, 5) is 22.1. The molecule has 0 heterocycles. The van der Waals surface area contributed by atoms with E-state index in [-0.39, 0.29) is 6.42 Å². The number of carboxylic acids is 1. The van der Waals surface area contributed by atoms with Crippen LogP contribution in [0.25, 0.3) is 0 Å². The molecular formula is C10H19NO4. The first-order valence-electron chi connectivity index (χ1n) is 5.15. The lowest BCUT2D eigenvalue weighted by atomic mass is 9.92. The van der Waals surface area contributed by atoms with Crippen molar-refractivity contribution >= 4 is 11.8 Å². The molecule has 0 spiro atoms. The third-order valence-corrected chi connectivity index (χ3v) is 2.39. The molecule has 0 aromatic carbocycles. The van der Waals surface area contributed by atoms with Gasteiger partial charge >= 0.3 is 5.97 Å². The molecule has 4 N–H and O–H groups in total. The van der Waals surface area contributed by atoms with Crippen molar-refractivity contribution in [3.8, 4) is 0 Å². The first-order valence-corrected chi connectivity index (χ1v) is 5.15. The van der Waals surface area contributed by atoms with Gasteiger partial charge in [-0.2, -0.15) is 0 Å². The summed E-state index contributed by atoms with van der Waals surface area (Å²) in [5.41, 5.74) is 3.18. The third-order valence-electron chi connectivity index (χ3n) is 2.39. The van der Waals surface area contributed by atoms with E-state index in [0.29, 0.717) is 6.42 Å². The largest absolute Gasteiger partial charge is 0.479 e. The number of Topliss-reactive ketones (excluding diaryl/α,β-unsaturated/α-hetero) is 1. The summed E-state index contributed by atoms with van der Waals surface area (Å²) in [7, 11) is 0. The molecule has 0 radical (unpaired) electrons. The van der Waals surface area contributed by atoms with Crippen molar-refractivity contribution in [1.82, 2.24) is 0 Å². The van der Waals surface area contributed by atoms with E-state index in [1.807, 2.05) is 6.92 Å². The zero-order valence-electron chi connectivity index (χ0n) is 9.03. The van der Waals surface area contributed by atoms with Crippen molar-refractivity contribution in [1.29, 1.82) is 0 Å². The summed E-state index contributed by atoms with van der Waals surface area (Å²) < 4.78 is 0. The fourth-order valence-electron chi connectivity index (χ4n) is 1.21. The zero-order chi connectivity index (χ0) is 11.9. The van der Waals surface area contributed by atoms with Crippen molar-refractivity contribution in [3.63, 3.8) is 0 Å². The van der Waals surface area contributed by atoms with Crippen LogP contribution in [-0.4, -0.2) is 34.1 Å². The fraction of sp³-hybridized carbons (Fsp3) is 0.800. The maximum atomic E-state index is 11.4. The van der Waals surface area contributed by atoms with Crippen LogP contribution in [0.4, 0.5) is 0 Å². The highest BCUT2D eigenvalue weighted by molar-refractivity contribution is 6.07. The van der Waals surface area contributed by atoms with Gasteiger partial charge in [0, 0.05) is 6.42 Å². The van der Waals surface area contributed by atoms with Gasteiger partial charge in [-0.25, -0.2) is 4.79 Å². The van der Waals surface area contributed by atoms with Crippen molar-refractivity contribution in [2.24, 2.45) is 5.73 Å². The third kappa shape index (κ3) is 3.97. The molecule has 0 unspecified atom stereocenters. The molecule has 1 atom stereocenters. The number of aliphatic hydroxyl groups excluding tert-OH is 1. The SMILES string of the molecule is CCCCCCC(=O)[C@@](N)(CO)C(=O)O. The first kappa shape index (κ1) is 14.1. The van der Waals surface area contributed by atoms with Gasteiger partial charge in [-0.3, -0.25) is 4.79 Å². The number of carbonyl (C=O) groups is 2. The molecule has 0 saturated heterocycles. The lowest BCUT2D eigenvalue weighted by Gasteiger charge is -2.20. The summed E-state index contributed by atoms with van der Waals surface area (Å²) >= 11 is 0. The molecule has 0 aliphatic carbocycles. The van der Waals surface area contributed by atoms with Crippen molar-refractivity contribution < 1.29 is 19.8 Å². The normalized spacial score (nSPS) is 14.6. The number of nitrogens with two attached hydrogens (primary N) is 1. The highest BCUT2D eigenvalue weighted by Crippen LogP contribution is 2.10. The van der Waals surface area contributed by atoms with Crippen LogP contribution in [0.3, 0.4) is 0 Å². The molecule has 15 heavy (non-hydrogen) atoms. The van der Waals surface area contributed by atoms with E-state index < -0.39 is 23.9 Å². The van der Waals surface area contributed by atoms with E-state index in [4.69, 9.17) is 15.9 Å². The van der Waals surface area contributed by atoms with E-state index in [1.165, 1.54) is 0 Å². The first-order chi connectivity index (χ1) is 6.99. The minimum absolute atomic E-state index is 0.114. The van der Waals surface area contributed by atoms with Gasteiger partial charge in [0.25, 0.3) is 0 Å². The molecule has 0 saturated carbocycles. The molecule has 88 valence electrons. The van der Waals surface area contributed by atoms with E-state index in [0.717, 1.165) is 19.3 Å². The fourth-order valence-corrected chi connectivity index (χ4v) is 1.21. The van der Waals surface area contributed by atoms with E-state index >= 15 is 0 Å². The summed E-state index contributed by atoms with van der Waals surface area (Å²) in [5.74, 6) is -2.07. The van der Waals surface area contributed by atoms with Crippen LogP contribution in [0, 0.1) is 0 Å². The number of carbonyl (C=O) groups excluding carboxylic acids is 1. The van der Waals surface area contributed by atoms with E-state index in [1.54, 1.807) is 0 Å². The molecule has 0 rings (SSSR count).